The predicted octanol–water partition coefficient (Wildman–Crippen LogP) is 6.62. The van der Waals surface area contributed by atoms with Gasteiger partial charge in [0.2, 0.25) is 5.91 Å². The molecule has 1 aromatic heterocycles. The summed E-state index contributed by atoms with van der Waals surface area (Å²) in [6.45, 7) is 2.32. The molecule has 0 unspecified atom stereocenters. The lowest BCUT2D eigenvalue weighted by atomic mass is 10.1. The summed E-state index contributed by atoms with van der Waals surface area (Å²) in [7, 11) is 0. The maximum Gasteiger partial charge on any atom is 0.224 e. The van der Waals surface area contributed by atoms with Crippen LogP contribution in [-0.4, -0.2) is 28.6 Å². The number of carbonyl (C=O) groups excluding carboxylic acids is 1. The second kappa shape index (κ2) is 13.7. The van der Waals surface area contributed by atoms with Gasteiger partial charge in [0.1, 0.15) is 11.6 Å². The number of nitrogens with zero attached hydrogens (tertiary/aromatic N) is 2. The number of rotatable bonds is 14. The number of aryl methyl sites for hydroxylation is 2. The monoisotopic (exact) mass is 503 g/mol. The molecule has 0 spiro atoms. The van der Waals surface area contributed by atoms with E-state index in [1.54, 1.807) is 0 Å². The van der Waals surface area contributed by atoms with Crippen LogP contribution in [0.4, 0.5) is 0 Å². The first-order valence-electron chi connectivity index (χ1n) is 12.8. The number of carbonyl (C=O) groups is 1. The Morgan fingerprint density at radius 2 is 1.64 bits per heavy atom. The van der Waals surface area contributed by atoms with Crippen LogP contribution in [0.2, 0.25) is 5.02 Å². The molecule has 0 saturated heterocycles. The van der Waals surface area contributed by atoms with Crippen molar-refractivity contribution in [3.63, 3.8) is 0 Å². The molecule has 0 atom stereocenters. The standard InChI is InChI=1S/C30H34ClN3O2/c31-25-16-18-26(19-17-25)36-22-10-9-21-34-28-14-7-6-13-27(28)33-29(34)15-5-2-8-20-32-30(35)23-24-11-3-1-4-12-24/h1,3-4,6-7,11-14,16-19H,2,5,8-10,15,20-23H2,(H,32,35). The van der Waals surface area contributed by atoms with Crippen molar-refractivity contribution >= 4 is 28.5 Å². The van der Waals surface area contributed by atoms with Crippen LogP contribution in [0, 0.1) is 0 Å². The van der Waals surface area contributed by atoms with Gasteiger partial charge in [-0.3, -0.25) is 4.79 Å². The maximum atomic E-state index is 12.1. The lowest BCUT2D eigenvalue weighted by Crippen LogP contribution is -2.26. The Hall–Kier alpha value is -3.31. The van der Waals surface area contributed by atoms with Gasteiger partial charge in [-0.05, 0) is 67.6 Å². The number of fused-ring (bicyclic) bond motifs is 1. The molecule has 0 aliphatic heterocycles. The molecule has 36 heavy (non-hydrogen) atoms. The molecule has 1 amide bonds. The molecule has 0 fully saturated rings. The fourth-order valence-electron chi connectivity index (χ4n) is 4.32. The third-order valence-corrected chi connectivity index (χ3v) is 6.45. The van der Waals surface area contributed by atoms with Crippen molar-refractivity contribution in [2.75, 3.05) is 13.2 Å². The van der Waals surface area contributed by atoms with E-state index in [2.05, 4.69) is 28.1 Å². The number of aromatic nitrogens is 2. The fraction of sp³-hybridized carbons (Fsp3) is 0.333. The normalized spacial score (nSPS) is 11.0. The molecule has 0 aliphatic rings. The lowest BCUT2D eigenvalue weighted by Gasteiger charge is -2.10. The van der Waals surface area contributed by atoms with Crippen molar-refractivity contribution in [1.82, 2.24) is 14.9 Å². The van der Waals surface area contributed by atoms with Gasteiger partial charge in [-0.15, -0.1) is 0 Å². The average molecular weight is 504 g/mol. The van der Waals surface area contributed by atoms with E-state index >= 15 is 0 Å². The van der Waals surface area contributed by atoms with Gasteiger partial charge in [0, 0.05) is 24.5 Å². The van der Waals surface area contributed by atoms with Crippen molar-refractivity contribution in [1.29, 1.82) is 0 Å². The number of nitrogens with one attached hydrogen (secondary N) is 1. The first kappa shape index (κ1) is 25.8. The van der Waals surface area contributed by atoms with Gasteiger partial charge in [0.05, 0.1) is 24.1 Å². The zero-order chi connectivity index (χ0) is 25.0. The van der Waals surface area contributed by atoms with E-state index in [1.807, 2.05) is 60.7 Å². The topological polar surface area (TPSA) is 56.2 Å². The van der Waals surface area contributed by atoms with E-state index in [4.69, 9.17) is 21.3 Å². The second-order valence-corrected chi connectivity index (χ2v) is 9.44. The van der Waals surface area contributed by atoms with E-state index in [0.717, 1.165) is 79.3 Å². The predicted molar refractivity (Wildman–Crippen MR) is 147 cm³/mol. The van der Waals surface area contributed by atoms with Gasteiger partial charge in [-0.2, -0.15) is 0 Å². The molecule has 0 radical (unpaired) electrons. The number of halogens is 1. The van der Waals surface area contributed by atoms with Crippen LogP contribution in [-0.2, 0) is 24.2 Å². The first-order valence-corrected chi connectivity index (χ1v) is 13.2. The van der Waals surface area contributed by atoms with Crippen LogP contribution in [0.5, 0.6) is 5.75 Å². The molecule has 0 aliphatic carbocycles. The number of amides is 1. The Balaban J connectivity index is 1.19. The Labute approximate surface area is 218 Å². The minimum Gasteiger partial charge on any atom is -0.494 e. The van der Waals surface area contributed by atoms with E-state index < -0.39 is 0 Å². The SMILES string of the molecule is O=C(Cc1ccccc1)NCCCCCc1nc2ccccc2n1CCCCOc1ccc(Cl)cc1. The summed E-state index contributed by atoms with van der Waals surface area (Å²) in [5.41, 5.74) is 3.29. The summed E-state index contributed by atoms with van der Waals surface area (Å²) in [6, 6.07) is 25.7. The molecule has 0 saturated carbocycles. The molecular weight excluding hydrogens is 470 g/mol. The summed E-state index contributed by atoms with van der Waals surface area (Å²) < 4.78 is 8.20. The number of ether oxygens (including phenoxy) is 1. The van der Waals surface area contributed by atoms with Crippen LogP contribution in [0.25, 0.3) is 11.0 Å². The summed E-state index contributed by atoms with van der Waals surface area (Å²) in [4.78, 5) is 17.0. The van der Waals surface area contributed by atoms with Crippen molar-refractivity contribution < 1.29 is 9.53 Å². The molecule has 0 bridgehead atoms. The van der Waals surface area contributed by atoms with Gasteiger partial charge in [-0.1, -0.05) is 60.5 Å². The maximum absolute atomic E-state index is 12.1. The van der Waals surface area contributed by atoms with E-state index in [0.29, 0.717) is 13.0 Å². The van der Waals surface area contributed by atoms with Crippen molar-refractivity contribution in [3.05, 3.63) is 95.3 Å². The zero-order valence-electron chi connectivity index (χ0n) is 20.7. The number of para-hydroxylation sites is 2. The van der Waals surface area contributed by atoms with Crippen LogP contribution < -0.4 is 10.1 Å². The van der Waals surface area contributed by atoms with Crippen molar-refractivity contribution in [2.45, 2.75) is 51.5 Å². The van der Waals surface area contributed by atoms with Crippen molar-refractivity contribution in [3.8, 4) is 5.75 Å². The van der Waals surface area contributed by atoms with Gasteiger partial charge in [0.15, 0.2) is 0 Å². The zero-order valence-corrected chi connectivity index (χ0v) is 21.4. The molecule has 188 valence electrons. The van der Waals surface area contributed by atoms with Crippen LogP contribution in [0.3, 0.4) is 0 Å². The molecule has 1 heterocycles. The Bertz CT molecular complexity index is 1220. The summed E-state index contributed by atoms with van der Waals surface area (Å²) in [5, 5.41) is 3.76. The van der Waals surface area contributed by atoms with E-state index in [9.17, 15) is 4.79 Å². The molecule has 4 aromatic rings. The van der Waals surface area contributed by atoms with E-state index in [-0.39, 0.29) is 5.91 Å². The number of imidazole rings is 1. The molecular formula is C30H34ClN3O2. The molecule has 4 rings (SSSR count). The molecule has 5 nitrogen and oxygen atoms in total. The quantitative estimate of drug-likeness (QED) is 0.197. The number of unbranched alkanes of at least 4 members (excludes halogenated alkanes) is 3. The Kier molecular flexibility index (Phi) is 9.80. The smallest absolute Gasteiger partial charge is 0.224 e. The fourth-order valence-corrected chi connectivity index (χ4v) is 4.44. The molecule has 6 heteroatoms. The van der Waals surface area contributed by atoms with Gasteiger partial charge >= 0.3 is 0 Å². The minimum absolute atomic E-state index is 0.0861. The average Bonchev–Trinajstić information content (AvgIpc) is 3.25. The molecule has 3 aromatic carbocycles. The van der Waals surface area contributed by atoms with Gasteiger partial charge in [-0.25, -0.2) is 4.98 Å². The van der Waals surface area contributed by atoms with Crippen LogP contribution >= 0.6 is 11.6 Å². The Morgan fingerprint density at radius 1 is 0.861 bits per heavy atom. The number of hydrogen-bond donors (Lipinski definition) is 1. The lowest BCUT2D eigenvalue weighted by molar-refractivity contribution is -0.120. The van der Waals surface area contributed by atoms with Crippen LogP contribution in [0.15, 0.2) is 78.9 Å². The molecule has 1 N–H and O–H groups in total. The minimum atomic E-state index is 0.0861. The summed E-state index contributed by atoms with van der Waals surface area (Å²) in [5.74, 6) is 2.08. The number of hydrogen-bond acceptors (Lipinski definition) is 3. The highest BCUT2D eigenvalue weighted by molar-refractivity contribution is 6.30. The van der Waals surface area contributed by atoms with E-state index in [1.165, 1.54) is 5.52 Å². The Morgan fingerprint density at radius 3 is 2.47 bits per heavy atom. The van der Waals surface area contributed by atoms with Gasteiger partial charge in [0.25, 0.3) is 0 Å². The first-order chi connectivity index (χ1) is 17.7. The third-order valence-electron chi connectivity index (χ3n) is 6.20. The summed E-state index contributed by atoms with van der Waals surface area (Å²) >= 11 is 5.93. The second-order valence-electron chi connectivity index (χ2n) is 9.00. The van der Waals surface area contributed by atoms with Crippen molar-refractivity contribution in [2.24, 2.45) is 0 Å². The summed E-state index contributed by atoms with van der Waals surface area (Å²) in [6.07, 6.45) is 6.46. The largest absolute Gasteiger partial charge is 0.494 e. The van der Waals surface area contributed by atoms with Crippen LogP contribution in [0.1, 0.15) is 43.5 Å². The van der Waals surface area contributed by atoms with Gasteiger partial charge < -0.3 is 14.6 Å². The third kappa shape index (κ3) is 7.85. The highest BCUT2D eigenvalue weighted by Gasteiger charge is 2.10. The highest BCUT2D eigenvalue weighted by Crippen LogP contribution is 2.19. The highest BCUT2D eigenvalue weighted by atomic mass is 35.5. The number of benzene rings is 3.